The van der Waals surface area contributed by atoms with Gasteiger partial charge in [0.05, 0.1) is 38.6 Å². The van der Waals surface area contributed by atoms with Crippen molar-refractivity contribution in [2.75, 3.05) is 25.6 Å². The molecule has 7 unspecified atom stereocenters. The Bertz CT molecular complexity index is 1970. The summed E-state index contributed by atoms with van der Waals surface area (Å²) in [6.07, 6.45) is -18.7. The molecule has 0 aromatic carbocycles. The largest absolute Gasteiger partial charge is 0.523 e. The number of nitriles is 1. The van der Waals surface area contributed by atoms with Gasteiger partial charge in [0, 0.05) is 12.3 Å². The Labute approximate surface area is 281 Å². The Kier molecular flexibility index (Phi) is 11.4. The molecule has 5 heterocycles. The van der Waals surface area contributed by atoms with E-state index in [1.165, 1.54) is 0 Å². The molecule has 23 nitrogen and oxygen atoms in total. The van der Waals surface area contributed by atoms with Gasteiger partial charge in [-0.05, 0) is 0 Å². The number of nitrogens with one attached hydrogen (secondary N) is 1. The highest BCUT2D eigenvalue weighted by Gasteiger charge is 2.55. The molecule has 7 N–H and O–H groups in total. The van der Waals surface area contributed by atoms with Gasteiger partial charge < -0.3 is 35.2 Å². The first-order valence-electron chi connectivity index (χ1n) is 14.2. The van der Waals surface area contributed by atoms with Gasteiger partial charge >= 0.3 is 27.7 Å². The Balaban J connectivity index is 1.40. The molecule has 5 rings (SSSR count). The van der Waals surface area contributed by atoms with Crippen molar-refractivity contribution in [1.29, 1.82) is 5.26 Å². The Morgan fingerprint density at radius 1 is 0.980 bits per heavy atom. The molecule has 2 aliphatic heterocycles. The Morgan fingerprint density at radius 2 is 1.67 bits per heavy atom. The van der Waals surface area contributed by atoms with Crippen molar-refractivity contribution >= 4 is 32.6 Å². The normalized spacial score (nSPS) is 29.1. The first kappa shape index (κ1) is 38.6. The molecule has 0 amide bonds. The number of fused-ring (bicyclic) bond motifs is 1. The van der Waals surface area contributed by atoms with Crippen molar-refractivity contribution in [2.45, 2.75) is 61.9 Å². The molecule has 0 saturated carbocycles. The molecule has 0 bridgehead atoms. The van der Waals surface area contributed by atoms with Crippen molar-refractivity contribution in [3.05, 3.63) is 45.8 Å². The number of aromatic amines is 1. The highest BCUT2D eigenvalue weighted by atomic mass is 31.2. The molecule has 3 aromatic rings. The van der Waals surface area contributed by atoms with Gasteiger partial charge in [-0.1, -0.05) is 0 Å². The van der Waals surface area contributed by atoms with Crippen LogP contribution in [-0.2, 0) is 41.4 Å². The number of hydrogen-bond donors (Lipinski definition) is 6. The molecule has 0 radical (unpaired) electrons. The summed E-state index contributed by atoms with van der Waals surface area (Å²) in [6, 6.07) is 2.55. The molecule has 51 heavy (non-hydrogen) atoms. The Hall–Kier alpha value is -3.67. The van der Waals surface area contributed by atoms with Gasteiger partial charge in [-0.25, -0.2) is 28.9 Å². The number of hydrogen-bond acceptors (Lipinski definition) is 18. The summed E-state index contributed by atoms with van der Waals surface area (Å²) in [7, 11) is -10.6. The third-order valence-corrected chi connectivity index (χ3v) is 9.18. The molecule has 2 aliphatic rings. The zero-order chi connectivity index (χ0) is 37.3. The monoisotopic (exact) mass is 774 g/mol. The number of ether oxygens (including phenoxy) is 3. The molecule has 3 aromatic heterocycles. The second kappa shape index (κ2) is 15.1. The van der Waals surface area contributed by atoms with E-state index in [1.807, 2.05) is 4.98 Å². The van der Waals surface area contributed by atoms with E-state index in [0.717, 1.165) is 29.5 Å². The number of nitrogens with two attached hydrogens (primary N) is 1. The molecule has 2 saturated heterocycles. The summed E-state index contributed by atoms with van der Waals surface area (Å²) in [5.74, 6) is -0.184. The lowest BCUT2D eigenvalue weighted by Gasteiger charge is -2.27. The maximum Gasteiger partial charge on any atom is 0.523 e. The first-order valence-corrected chi connectivity index (χ1v) is 17.2. The van der Waals surface area contributed by atoms with E-state index in [1.54, 1.807) is 6.07 Å². The molecule has 280 valence electrons. The third-order valence-electron chi connectivity index (χ3n) is 7.21. The van der Waals surface area contributed by atoms with Crippen molar-refractivity contribution in [3.63, 3.8) is 0 Å². The number of nitrogen functional groups attached to an aromatic ring is 1. The predicted molar refractivity (Wildman–Crippen MR) is 154 cm³/mol. The van der Waals surface area contributed by atoms with Gasteiger partial charge in [0.2, 0.25) is 0 Å². The molecule has 10 atom stereocenters. The summed E-state index contributed by atoms with van der Waals surface area (Å²) in [6.45, 7) is -2.80. The number of aromatic nitrogens is 6. The van der Waals surface area contributed by atoms with E-state index in [0.29, 0.717) is 4.57 Å². The van der Waals surface area contributed by atoms with E-state index in [9.17, 15) is 51.9 Å². The summed E-state index contributed by atoms with van der Waals surface area (Å²) < 4.78 is 103. The molecular weight excluding hydrogens is 747 g/mol. The predicted octanol–water partition coefficient (Wildman–Crippen LogP) is -1.07. The number of H-pyrrole nitrogens is 1. The van der Waals surface area contributed by atoms with Gasteiger partial charge in [0.1, 0.15) is 48.5 Å². The summed E-state index contributed by atoms with van der Waals surface area (Å²) in [4.78, 5) is 57.7. The number of aliphatic hydroxyl groups excluding tert-OH is 2. The van der Waals surface area contributed by atoms with E-state index < -0.39 is 102 Å². The minimum Gasteiger partial charge on any atom is -0.387 e. The SMILES string of the molecule is N#CCCOP(=O)(O)OC[C@H]1O[C@@H](n2cnc3c(N)ncnc32)C(OC(F)(F)F)C1OP(=O)(O)OC[C@H]1OC(n2ccc(=O)[nH]c2=O)C(O)C1O. The first-order chi connectivity index (χ1) is 23.9. The van der Waals surface area contributed by atoms with E-state index >= 15 is 0 Å². The summed E-state index contributed by atoms with van der Waals surface area (Å²) >= 11 is 0. The van der Waals surface area contributed by atoms with Crippen molar-refractivity contribution in [1.82, 2.24) is 29.1 Å². The number of imidazole rings is 1. The standard InChI is InChI=1S/C23H27F3N8O15P2/c24-23(25,26)48-17-16(49-51(41,42)45-6-10-14(36)15(37)20(46-10)33-4-2-12(35)32-22(33)38)11(7-44-50(39,40)43-5-1-3-27)47-21(17)34-9-31-13-18(28)29-8-30-19(13)34/h2,4,8-11,14-17,20-21,36-37H,1,5-7H2,(H,39,40)(H,41,42)(H2,28,29,30)(H,32,35,38)/t10-,11-,14?,15?,16?,17?,20?,21-/m1/s1. The van der Waals surface area contributed by atoms with Crippen molar-refractivity contribution in [2.24, 2.45) is 0 Å². The average molecular weight is 774 g/mol. The number of rotatable bonds is 14. The number of phosphoric acid groups is 2. The maximum atomic E-state index is 13.8. The van der Waals surface area contributed by atoms with Crippen LogP contribution < -0.4 is 17.0 Å². The average Bonchev–Trinajstić information content (AvgIpc) is 3.69. The summed E-state index contributed by atoms with van der Waals surface area (Å²) in [5.41, 5.74) is 3.65. The molecular formula is C23H27F3N8O15P2. The van der Waals surface area contributed by atoms with Crippen LogP contribution in [0.25, 0.3) is 11.2 Å². The van der Waals surface area contributed by atoms with E-state index in [-0.39, 0.29) is 23.4 Å². The van der Waals surface area contributed by atoms with Crippen LogP contribution in [0.1, 0.15) is 18.9 Å². The van der Waals surface area contributed by atoms with E-state index in [4.69, 9.17) is 34.0 Å². The van der Waals surface area contributed by atoms with Crippen molar-refractivity contribution in [3.8, 4) is 6.07 Å². The lowest BCUT2D eigenvalue weighted by Crippen LogP contribution is -2.41. The maximum absolute atomic E-state index is 13.8. The van der Waals surface area contributed by atoms with E-state index in [2.05, 4.69) is 24.2 Å². The van der Waals surface area contributed by atoms with Crippen LogP contribution in [0.4, 0.5) is 19.0 Å². The molecule has 2 fully saturated rings. The third kappa shape index (κ3) is 9.04. The smallest absolute Gasteiger partial charge is 0.387 e. The Morgan fingerprint density at radius 3 is 2.35 bits per heavy atom. The number of aliphatic hydroxyl groups is 2. The number of nitrogens with zero attached hydrogens (tertiary/aromatic N) is 6. The summed E-state index contributed by atoms with van der Waals surface area (Å²) in [5, 5.41) is 29.5. The second-order valence-corrected chi connectivity index (χ2v) is 13.4. The molecule has 0 aliphatic carbocycles. The fourth-order valence-electron chi connectivity index (χ4n) is 5.02. The number of phosphoric ester groups is 2. The van der Waals surface area contributed by atoms with Crippen LogP contribution >= 0.6 is 15.6 Å². The van der Waals surface area contributed by atoms with Gasteiger partial charge in [0.15, 0.2) is 23.9 Å². The van der Waals surface area contributed by atoms with Crippen LogP contribution in [0.5, 0.6) is 0 Å². The fraction of sp³-hybridized carbons (Fsp3) is 0.565. The van der Waals surface area contributed by atoms with Gasteiger partial charge in [-0.3, -0.25) is 41.7 Å². The van der Waals surface area contributed by atoms with Crippen LogP contribution in [0.15, 0.2) is 34.5 Å². The van der Waals surface area contributed by atoms with Crippen LogP contribution in [-0.4, -0.2) is 112 Å². The quantitative estimate of drug-likeness (QED) is 0.0839. The van der Waals surface area contributed by atoms with Crippen molar-refractivity contribution < 1.29 is 74.6 Å². The number of alkyl halides is 3. The lowest BCUT2D eigenvalue weighted by atomic mass is 10.1. The van der Waals surface area contributed by atoms with Gasteiger partial charge in [-0.15, -0.1) is 13.2 Å². The minimum atomic E-state index is -5.57. The van der Waals surface area contributed by atoms with Gasteiger partial charge in [0.25, 0.3) is 5.56 Å². The fourth-order valence-corrected chi connectivity index (χ4v) is 6.71. The van der Waals surface area contributed by atoms with Gasteiger partial charge in [-0.2, -0.15) is 5.26 Å². The lowest BCUT2D eigenvalue weighted by molar-refractivity contribution is -0.355. The minimum absolute atomic E-state index is 0.0920. The zero-order valence-corrected chi connectivity index (χ0v) is 27.1. The molecule has 28 heteroatoms. The highest BCUT2D eigenvalue weighted by molar-refractivity contribution is 7.47. The van der Waals surface area contributed by atoms with Crippen LogP contribution in [0.2, 0.25) is 0 Å². The van der Waals surface area contributed by atoms with Crippen LogP contribution in [0, 0.1) is 11.3 Å². The highest BCUT2D eigenvalue weighted by Crippen LogP contribution is 2.52. The number of anilines is 1. The topological polar surface area (TPSA) is 328 Å². The second-order valence-electron chi connectivity index (χ2n) is 10.6. The molecule has 0 spiro atoms. The number of halogens is 3. The van der Waals surface area contributed by atoms with Crippen LogP contribution in [0.3, 0.4) is 0 Å². The zero-order valence-electron chi connectivity index (χ0n) is 25.3.